The van der Waals surface area contributed by atoms with E-state index >= 15 is 0 Å². The van der Waals surface area contributed by atoms with E-state index in [1.54, 1.807) is 12.1 Å². The molecule has 1 unspecified atom stereocenters. The number of likely N-dealkylation sites (tertiary alicyclic amines) is 2. The Kier molecular flexibility index (Phi) is 6.49. The standard InChI is InChI=1S/C27H31FN2S/c28-26-8-6-22(7-9-26)23-10-13-29(14-11-23)17-25-18-30(16-21-4-2-1-3-5-21)19-27(25)24-12-15-31-20-24/h1-9,12,15,20,23,25,27H,10-11,13-14,16-19H2/t25-,27?/m1/s1. The van der Waals surface area contributed by atoms with Crippen LogP contribution < -0.4 is 0 Å². The first-order valence-electron chi connectivity index (χ1n) is 11.5. The van der Waals surface area contributed by atoms with E-state index in [1.165, 1.54) is 42.6 Å². The Morgan fingerprint density at radius 2 is 1.61 bits per heavy atom. The molecule has 2 nitrogen and oxygen atoms in total. The van der Waals surface area contributed by atoms with Gasteiger partial charge in [-0.15, -0.1) is 0 Å². The molecule has 0 bridgehead atoms. The topological polar surface area (TPSA) is 6.48 Å². The van der Waals surface area contributed by atoms with Gasteiger partial charge >= 0.3 is 0 Å². The highest BCUT2D eigenvalue weighted by atomic mass is 32.1. The Hall–Kier alpha value is -2.01. The zero-order valence-corrected chi connectivity index (χ0v) is 18.8. The SMILES string of the molecule is Fc1ccc(C2CCN(C[C@@H]3CN(Cc4ccccc4)CC3c3ccsc3)CC2)cc1. The van der Waals surface area contributed by atoms with Crippen molar-refractivity contribution in [2.75, 3.05) is 32.7 Å². The van der Waals surface area contributed by atoms with Crippen molar-refractivity contribution in [3.63, 3.8) is 0 Å². The molecule has 2 atom stereocenters. The van der Waals surface area contributed by atoms with E-state index in [-0.39, 0.29) is 5.82 Å². The number of rotatable bonds is 6. The maximum atomic E-state index is 13.3. The molecule has 4 heteroatoms. The van der Waals surface area contributed by atoms with Crippen LogP contribution in [0.5, 0.6) is 0 Å². The molecule has 0 radical (unpaired) electrons. The Bertz CT molecular complexity index is 933. The van der Waals surface area contributed by atoms with Gasteiger partial charge in [0.1, 0.15) is 5.82 Å². The molecule has 0 spiro atoms. The van der Waals surface area contributed by atoms with E-state index < -0.39 is 0 Å². The molecule has 5 rings (SSSR count). The predicted octanol–water partition coefficient (Wildman–Crippen LogP) is 5.98. The average molecular weight is 435 g/mol. The molecule has 0 saturated carbocycles. The lowest BCUT2D eigenvalue weighted by molar-refractivity contribution is 0.177. The van der Waals surface area contributed by atoms with E-state index in [2.05, 4.69) is 57.0 Å². The number of hydrogen-bond donors (Lipinski definition) is 0. The fraction of sp³-hybridized carbons (Fsp3) is 0.407. The molecular formula is C27H31FN2S. The smallest absolute Gasteiger partial charge is 0.123 e. The van der Waals surface area contributed by atoms with Crippen LogP contribution in [-0.2, 0) is 6.54 Å². The van der Waals surface area contributed by atoms with Gasteiger partial charge in [-0.05, 0) is 83.4 Å². The minimum absolute atomic E-state index is 0.137. The van der Waals surface area contributed by atoms with E-state index in [0.29, 0.717) is 17.8 Å². The number of piperidine rings is 1. The lowest BCUT2D eigenvalue weighted by Crippen LogP contribution is -2.38. The zero-order valence-electron chi connectivity index (χ0n) is 18.0. The monoisotopic (exact) mass is 434 g/mol. The normalized spacial score (nSPS) is 23.4. The third-order valence-electron chi connectivity index (χ3n) is 7.16. The van der Waals surface area contributed by atoms with Gasteiger partial charge in [0.25, 0.3) is 0 Å². The van der Waals surface area contributed by atoms with Crippen LogP contribution in [0.4, 0.5) is 4.39 Å². The number of hydrogen-bond acceptors (Lipinski definition) is 3. The first kappa shape index (κ1) is 20.9. The first-order valence-corrected chi connectivity index (χ1v) is 12.4. The third kappa shape index (κ3) is 5.08. The molecule has 1 aromatic heterocycles. The Labute approximate surface area is 189 Å². The van der Waals surface area contributed by atoms with Crippen LogP contribution in [0, 0.1) is 11.7 Å². The summed E-state index contributed by atoms with van der Waals surface area (Å²) in [5.41, 5.74) is 4.23. The van der Waals surface area contributed by atoms with E-state index in [1.807, 2.05) is 23.5 Å². The molecule has 0 amide bonds. The van der Waals surface area contributed by atoms with Crippen molar-refractivity contribution < 1.29 is 4.39 Å². The summed E-state index contributed by atoms with van der Waals surface area (Å²) in [6.07, 6.45) is 2.35. The number of nitrogens with zero attached hydrogens (tertiary/aromatic N) is 2. The van der Waals surface area contributed by atoms with Gasteiger partial charge in [0.2, 0.25) is 0 Å². The lowest BCUT2D eigenvalue weighted by atomic mass is 9.87. The summed E-state index contributed by atoms with van der Waals surface area (Å²) in [7, 11) is 0. The van der Waals surface area contributed by atoms with Gasteiger partial charge in [-0.25, -0.2) is 4.39 Å². The number of thiophene rings is 1. The second kappa shape index (κ2) is 9.64. The van der Waals surface area contributed by atoms with Crippen molar-refractivity contribution in [1.82, 2.24) is 9.80 Å². The molecule has 0 aliphatic carbocycles. The van der Waals surface area contributed by atoms with Gasteiger partial charge in [0, 0.05) is 32.1 Å². The van der Waals surface area contributed by atoms with Crippen molar-refractivity contribution in [3.05, 3.63) is 93.9 Å². The highest BCUT2D eigenvalue weighted by Crippen LogP contribution is 2.36. The van der Waals surface area contributed by atoms with Crippen LogP contribution in [0.15, 0.2) is 71.4 Å². The van der Waals surface area contributed by atoms with Gasteiger partial charge in [-0.2, -0.15) is 11.3 Å². The van der Waals surface area contributed by atoms with Crippen molar-refractivity contribution in [2.24, 2.45) is 5.92 Å². The largest absolute Gasteiger partial charge is 0.303 e. The molecule has 2 fully saturated rings. The van der Waals surface area contributed by atoms with Crippen molar-refractivity contribution >= 4 is 11.3 Å². The van der Waals surface area contributed by atoms with Gasteiger partial charge in [0.05, 0.1) is 0 Å². The highest BCUT2D eigenvalue weighted by Gasteiger charge is 2.35. The predicted molar refractivity (Wildman–Crippen MR) is 127 cm³/mol. The molecule has 2 aliphatic rings. The molecule has 2 saturated heterocycles. The fourth-order valence-corrected chi connectivity index (χ4v) is 6.22. The Balaban J connectivity index is 1.21. The van der Waals surface area contributed by atoms with Gasteiger partial charge < -0.3 is 4.90 Å². The van der Waals surface area contributed by atoms with Gasteiger partial charge in [-0.1, -0.05) is 42.5 Å². The molecule has 162 valence electrons. The summed E-state index contributed by atoms with van der Waals surface area (Å²) in [5, 5.41) is 4.57. The summed E-state index contributed by atoms with van der Waals surface area (Å²) in [6.45, 7) is 6.85. The van der Waals surface area contributed by atoms with Crippen LogP contribution in [0.1, 0.15) is 41.4 Å². The highest BCUT2D eigenvalue weighted by molar-refractivity contribution is 7.08. The van der Waals surface area contributed by atoms with Crippen molar-refractivity contribution in [2.45, 2.75) is 31.2 Å². The number of benzene rings is 2. The Morgan fingerprint density at radius 3 is 2.32 bits per heavy atom. The van der Waals surface area contributed by atoms with Crippen molar-refractivity contribution in [1.29, 1.82) is 0 Å². The minimum Gasteiger partial charge on any atom is -0.303 e. The summed E-state index contributed by atoms with van der Waals surface area (Å²) in [4.78, 5) is 5.32. The molecular weight excluding hydrogens is 403 g/mol. The van der Waals surface area contributed by atoms with Crippen LogP contribution in [-0.4, -0.2) is 42.5 Å². The lowest BCUT2D eigenvalue weighted by Gasteiger charge is -2.34. The summed E-state index contributed by atoms with van der Waals surface area (Å²) >= 11 is 1.82. The van der Waals surface area contributed by atoms with Crippen LogP contribution in [0.25, 0.3) is 0 Å². The van der Waals surface area contributed by atoms with Crippen LogP contribution in [0.3, 0.4) is 0 Å². The maximum absolute atomic E-state index is 13.3. The first-order chi connectivity index (χ1) is 15.2. The van der Waals surface area contributed by atoms with E-state index in [0.717, 1.165) is 26.2 Å². The molecule has 2 aliphatic heterocycles. The molecule has 3 heterocycles. The minimum atomic E-state index is -0.137. The van der Waals surface area contributed by atoms with E-state index in [4.69, 9.17) is 0 Å². The van der Waals surface area contributed by atoms with Crippen LogP contribution in [0.2, 0.25) is 0 Å². The quantitative estimate of drug-likeness (QED) is 0.471. The van der Waals surface area contributed by atoms with Gasteiger partial charge in [0.15, 0.2) is 0 Å². The summed E-state index contributed by atoms with van der Waals surface area (Å²) in [6, 6.07) is 20.4. The molecule has 0 N–H and O–H groups in total. The molecule has 2 aromatic carbocycles. The summed E-state index contributed by atoms with van der Waals surface area (Å²) < 4.78 is 13.3. The second-order valence-corrected chi connectivity index (χ2v) is 10.0. The van der Waals surface area contributed by atoms with Crippen LogP contribution >= 0.6 is 11.3 Å². The maximum Gasteiger partial charge on any atom is 0.123 e. The fourth-order valence-electron chi connectivity index (χ4n) is 5.50. The third-order valence-corrected chi connectivity index (χ3v) is 7.86. The number of halogens is 1. The Morgan fingerprint density at radius 1 is 0.839 bits per heavy atom. The average Bonchev–Trinajstić information content (AvgIpc) is 3.46. The summed E-state index contributed by atoms with van der Waals surface area (Å²) in [5.74, 6) is 1.75. The molecule has 31 heavy (non-hydrogen) atoms. The molecule has 3 aromatic rings. The van der Waals surface area contributed by atoms with Gasteiger partial charge in [-0.3, -0.25) is 4.90 Å². The van der Waals surface area contributed by atoms with Crippen molar-refractivity contribution in [3.8, 4) is 0 Å². The second-order valence-electron chi connectivity index (χ2n) is 9.23. The van der Waals surface area contributed by atoms with E-state index in [9.17, 15) is 4.39 Å². The zero-order chi connectivity index (χ0) is 21.0.